The molecule has 0 heterocycles. The van der Waals surface area contributed by atoms with E-state index in [1.807, 2.05) is 19.1 Å². The van der Waals surface area contributed by atoms with Gasteiger partial charge in [0.25, 0.3) is 5.91 Å². The number of anilines is 1. The van der Waals surface area contributed by atoms with Crippen molar-refractivity contribution in [3.8, 4) is 23.6 Å². The van der Waals surface area contributed by atoms with Gasteiger partial charge in [0.1, 0.15) is 0 Å². The zero-order valence-corrected chi connectivity index (χ0v) is 13.9. The molecule has 2 aromatic carbocycles. The molecule has 0 aromatic heterocycles. The normalized spacial score (nSPS) is 10.9. The Labute approximate surface area is 146 Å². The fraction of sp³-hybridized carbons (Fsp3) is 0.211. The Kier molecular flexibility index (Phi) is 5.97. The van der Waals surface area contributed by atoms with Crippen LogP contribution in [0.1, 0.15) is 25.0 Å². The summed E-state index contributed by atoms with van der Waals surface area (Å²) in [5.74, 6) is 0.434. The molecule has 0 aliphatic carbocycles. The van der Waals surface area contributed by atoms with Crippen LogP contribution in [-0.4, -0.2) is 18.6 Å². The second-order valence-electron chi connectivity index (χ2n) is 5.15. The molecule has 25 heavy (non-hydrogen) atoms. The molecule has 0 aliphatic heterocycles. The zero-order valence-electron chi connectivity index (χ0n) is 13.9. The van der Waals surface area contributed by atoms with E-state index in [0.717, 1.165) is 0 Å². The number of amides is 1. The maximum atomic E-state index is 12.3. The number of hydrogen-bond acceptors (Lipinski definition) is 5. The van der Waals surface area contributed by atoms with Gasteiger partial charge in [0.2, 0.25) is 0 Å². The van der Waals surface area contributed by atoms with Crippen molar-refractivity contribution in [2.24, 2.45) is 0 Å². The highest BCUT2D eigenvalue weighted by Gasteiger charge is 2.17. The van der Waals surface area contributed by atoms with Crippen LogP contribution in [0.4, 0.5) is 5.69 Å². The van der Waals surface area contributed by atoms with Gasteiger partial charge in [-0.25, -0.2) is 0 Å². The van der Waals surface area contributed by atoms with Crippen molar-refractivity contribution >= 4 is 11.6 Å². The van der Waals surface area contributed by atoms with Gasteiger partial charge in [-0.2, -0.15) is 10.5 Å². The maximum absolute atomic E-state index is 12.3. The summed E-state index contributed by atoms with van der Waals surface area (Å²) >= 11 is 0. The van der Waals surface area contributed by atoms with E-state index in [2.05, 4.69) is 5.32 Å². The minimum atomic E-state index is -0.794. The van der Waals surface area contributed by atoms with Gasteiger partial charge in [-0.05, 0) is 44.2 Å². The number of nitrogens with one attached hydrogen (secondary N) is 1. The molecule has 0 bridgehead atoms. The third-order valence-electron chi connectivity index (χ3n) is 3.30. The van der Waals surface area contributed by atoms with Gasteiger partial charge in [0.15, 0.2) is 17.6 Å². The molecule has 0 aliphatic rings. The number of nitriles is 2. The smallest absolute Gasteiger partial charge is 0.265 e. The largest absolute Gasteiger partial charge is 0.490 e. The van der Waals surface area contributed by atoms with Gasteiger partial charge in [0, 0.05) is 11.8 Å². The lowest BCUT2D eigenvalue weighted by Gasteiger charge is -2.17. The third-order valence-corrected chi connectivity index (χ3v) is 3.30. The summed E-state index contributed by atoms with van der Waals surface area (Å²) in [6.07, 6.45) is -0.794. The van der Waals surface area contributed by atoms with E-state index in [9.17, 15) is 4.79 Å². The topological polar surface area (TPSA) is 95.1 Å². The average Bonchev–Trinajstić information content (AvgIpc) is 2.63. The summed E-state index contributed by atoms with van der Waals surface area (Å²) in [6.45, 7) is 3.84. The molecule has 0 saturated heterocycles. The zero-order chi connectivity index (χ0) is 18.2. The highest BCUT2D eigenvalue weighted by molar-refractivity contribution is 5.94. The van der Waals surface area contributed by atoms with E-state index < -0.39 is 6.10 Å². The van der Waals surface area contributed by atoms with Gasteiger partial charge in [0.05, 0.1) is 29.9 Å². The molecule has 1 amide bonds. The van der Waals surface area contributed by atoms with Gasteiger partial charge in [-0.15, -0.1) is 0 Å². The van der Waals surface area contributed by atoms with Crippen molar-refractivity contribution in [2.45, 2.75) is 20.0 Å². The van der Waals surface area contributed by atoms with Crippen molar-refractivity contribution in [2.75, 3.05) is 11.9 Å². The summed E-state index contributed by atoms with van der Waals surface area (Å²) in [6, 6.07) is 15.4. The van der Waals surface area contributed by atoms with E-state index in [-0.39, 0.29) is 5.91 Å². The summed E-state index contributed by atoms with van der Waals surface area (Å²) in [4.78, 5) is 12.3. The summed E-state index contributed by atoms with van der Waals surface area (Å²) in [5.41, 5.74) is 1.42. The maximum Gasteiger partial charge on any atom is 0.265 e. The predicted octanol–water partition coefficient (Wildman–Crippen LogP) is 3.23. The number of benzene rings is 2. The lowest BCUT2D eigenvalue weighted by Crippen LogP contribution is -2.30. The van der Waals surface area contributed by atoms with Crippen molar-refractivity contribution in [1.82, 2.24) is 0 Å². The number of carbonyl (C=O) groups excluding carboxylic acids is 1. The molecule has 0 spiro atoms. The molecule has 126 valence electrons. The van der Waals surface area contributed by atoms with Crippen LogP contribution in [0, 0.1) is 22.7 Å². The summed E-state index contributed by atoms with van der Waals surface area (Å²) in [5, 5.41) is 20.6. The number of carbonyl (C=O) groups is 1. The van der Waals surface area contributed by atoms with Gasteiger partial charge < -0.3 is 14.8 Å². The Morgan fingerprint density at radius 3 is 2.52 bits per heavy atom. The third kappa shape index (κ3) is 4.73. The fourth-order valence-electron chi connectivity index (χ4n) is 2.10. The van der Waals surface area contributed by atoms with Crippen LogP contribution in [0.15, 0.2) is 42.5 Å². The number of rotatable bonds is 6. The summed E-state index contributed by atoms with van der Waals surface area (Å²) < 4.78 is 11.1. The van der Waals surface area contributed by atoms with Crippen LogP contribution >= 0.6 is 0 Å². The molecule has 0 fully saturated rings. The van der Waals surface area contributed by atoms with E-state index in [1.54, 1.807) is 49.4 Å². The second kappa shape index (κ2) is 8.37. The number of hydrogen-bond donors (Lipinski definition) is 1. The Morgan fingerprint density at radius 2 is 1.84 bits per heavy atom. The fourth-order valence-corrected chi connectivity index (χ4v) is 2.10. The van der Waals surface area contributed by atoms with Crippen molar-refractivity contribution < 1.29 is 14.3 Å². The average molecular weight is 335 g/mol. The molecule has 1 atom stereocenters. The predicted molar refractivity (Wildman–Crippen MR) is 92.2 cm³/mol. The van der Waals surface area contributed by atoms with Crippen molar-refractivity contribution in [3.63, 3.8) is 0 Å². The van der Waals surface area contributed by atoms with Gasteiger partial charge in [-0.3, -0.25) is 4.79 Å². The molecule has 2 rings (SSSR count). The Balaban J connectivity index is 2.10. The van der Waals surface area contributed by atoms with Crippen molar-refractivity contribution in [3.05, 3.63) is 53.6 Å². The molecular weight excluding hydrogens is 318 g/mol. The monoisotopic (exact) mass is 335 g/mol. The first kappa shape index (κ1) is 17.8. The van der Waals surface area contributed by atoms with Crippen molar-refractivity contribution in [1.29, 1.82) is 10.5 Å². The lowest BCUT2D eigenvalue weighted by molar-refractivity contribution is -0.122. The van der Waals surface area contributed by atoms with Crippen LogP contribution in [0.25, 0.3) is 0 Å². The quantitative estimate of drug-likeness (QED) is 0.874. The Morgan fingerprint density at radius 1 is 1.12 bits per heavy atom. The Hall–Kier alpha value is -3.51. The molecule has 6 heteroatoms. The molecule has 6 nitrogen and oxygen atoms in total. The second-order valence-corrected chi connectivity index (χ2v) is 5.15. The van der Waals surface area contributed by atoms with Crippen LogP contribution in [0.3, 0.4) is 0 Å². The van der Waals surface area contributed by atoms with E-state index in [1.165, 1.54) is 0 Å². The standard InChI is InChI=1S/C19H17N3O3/c1-3-24-18-10-15(12-21)7-8-17(18)25-13(2)19(23)22-16-6-4-5-14(9-16)11-20/h4-10,13H,3H2,1-2H3,(H,22,23)/t13-/m0/s1. The van der Waals surface area contributed by atoms with E-state index in [4.69, 9.17) is 20.0 Å². The molecule has 0 saturated carbocycles. The molecule has 0 unspecified atom stereocenters. The minimum absolute atomic E-state index is 0.359. The van der Waals surface area contributed by atoms with Crippen LogP contribution < -0.4 is 14.8 Å². The summed E-state index contributed by atoms with van der Waals surface area (Å²) in [7, 11) is 0. The molecule has 2 aromatic rings. The number of ether oxygens (including phenoxy) is 2. The van der Waals surface area contributed by atoms with Crippen LogP contribution in [0.2, 0.25) is 0 Å². The molecular formula is C19H17N3O3. The minimum Gasteiger partial charge on any atom is -0.490 e. The molecule has 0 radical (unpaired) electrons. The lowest BCUT2D eigenvalue weighted by atomic mass is 10.2. The van der Waals surface area contributed by atoms with Gasteiger partial charge in [-0.1, -0.05) is 6.07 Å². The van der Waals surface area contributed by atoms with Crippen LogP contribution in [-0.2, 0) is 4.79 Å². The van der Waals surface area contributed by atoms with Crippen LogP contribution in [0.5, 0.6) is 11.5 Å². The van der Waals surface area contributed by atoms with E-state index in [0.29, 0.717) is 34.9 Å². The first-order valence-corrected chi connectivity index (χ1v) is 7.72. The van der Waals surface area contributed by atoms with E-state index >= 15 is 0 Å². The number of nitrogens with zero attached hydrogens (tertiary/aromatic N) is 2. The first-order valence-electron chi connectivity index (χ1n) is 7.72. The molecule has 1 N–H and O–H groups in total. The highest BCUT2D eigenvalue weighted by Crippen LogP contribution is 2.29. The first-order chi connectivity index (χ1) is 12.1. The Bertz CT molecular complexity index is 850. The van der Waals surface area contributed by atoms with Gasteiger partial charge >= 0.3 is 0 Å². The SMILES string of the molecule is CCOc1cc(C#N)ccc1O[C@@H](C)C(=O)Nc1cccc(C#N)c1. The highest BCUT2D eigenvalue weighted by atomic mass is 16.5.